The number of allylic oxidation sites excluding steroid dienone is 2. The number of aromatic nitrogens is 3. The van der Waals surface area contributed by atoms with E-state index in [0.29, 0.717) is 73.4 Å². The van der Waals surface area contributed by atoms with Crippen LogP contribution in [0.15, 0.2) is 42.6 Å². The molecule has 0 radical (unpaired) electrons. The maximum Gasteiger partial charge on any atom is 0.272 e. The predicted octanol–water partition coefficient (Wildman–Crippen LogP) is 5.19. The molecular formula is C43H56N6O9S. The van der Waals surface area contributed by atoms with Gasteiger partial charge in [-0.05, 0) is 97.3 Å². The minimum Gasteiger partial charge on any atom is -0.496 e. The smallest absolute Gasteiger partial charge is 0.272 e. The Morgan fingerprint density at radius 2 is 1.86 bits per heavy atom. The first-order chi connectivity index (χ1) is 28.1. The molecule has 318 valence electrons. The fourth-order valence-electron chi connectivity index (χ4n) is 8.34. The van der Waals surface area contributed by atoms with E-state index in [9.17, 15) is 27.6 Å². The van der Waals surface area contributed by atoms with Crippen LogP contribution in [0, 0.1) is 18.3 Å². The van der Waals surface area contributed by atoms with Crippen molar-refractivity contribution in [3.8, 4) is 17.4 Å². The van der Waals surface area contributed by atoms with Gasteiger partial charge in [-0.2, -0.15) is 5.10 Å². The van der Waals surface area contributed by atoms with Gasteiger partial charge in [-0.25, -0.2) is 13.4 Å². The predicted molar refractivity (Wildman–Crippen MR) is 220 cm³/mol. The van der Waals surface area contributed by atoms with Gasteiger partial charge < -0.3 is 24.4 Å². The lowest BCUT2D eigenvalue weighted by molar-refractivity contribution is -0.140. The van der Waals surface area contributed by atoms with Crippen LogP contribution in [0.5, 0.6) is 17.4 Å². The van der Waals surface area contributed by atoms with E-state index in [1.165, 1.54) is 4.90 Å². The average molecular weight is 833 g/mol. The summed E-state index contributed by atoms with van der Waals surface area (Å²) < 4.78 is 47.8. The number of rotatable bonds is 11. The zero-order chi connectivity index (χ0) is 42.3. The molecule has 2 aliphatic heterocycles. The third-order valence-corrected chi connectivity index (χ3v) is 14.5. The van der Waals surface area contributed by atoms with E-state index >= 15 is 0 Å². The topological polar surface area (TPSA) is 188 Å². The number of fused-ring (bicyclic) bond motifs is 3. The number of carbonyl (C=O) groups is 4. The first-order valence-electron chi connectivity index (χ1n) is 20.8. The van der Waals surface area contributed by atoms with Crippen LogP contribution >= 0.6 is 0 Å². The molecule has 3 amide bonds. The Balaban J connectivity index is 1.23. The van der Waals surface area contributed by atoms with Crippen LogP contribution in [-0.4, -0.2) is 94.3 Å². The van der Waals surface area contributed by atoms with E-state index in [-0.39, 0.29) is 42.9 Å². The highest BCUT2D eigenvalue weighted by molar-refractivity contribution is 7.91. The highest BCUT2D eigenvalue weighted by atomic mass is 32.2. The van der Waals surface area contributed by atoms with E-state index in [0.717, 1.165) is 18.4 Å². The Kier molecular flexibility index (Phi) is 11.8. The molecule has 16 heteroatoms. The highest BCUT2D eigenvalue weighted by Gasteiger charge is 2.62. The average Bonchev–Trinajstić information content (AvgIpc) is 3.97. The monoisotopic (exact) mass is 832 g/mol. The fourth-order valence-corrected chi connectivity index (χ4v) is 9.67. The Morgan fingerprint density at radius 3 is 2.56 bits per heavy atom. The number of sulfonamides is 1. The maximum absolute atomic E-state index is 14.8. The molecule has 0 bridgehead atoms. The molecular weight excluding hydrogens is 777 g/mol. The van der Waals surface area contributed by atoms with Crippen LogP contribution in [0.2, 0.25) is 0 Å². The molecule has 5 atom stereocenters. The van der Waals surface area contributed by atoms with Gasteiger partial charge >= 0.3 is 0 Å². The van der Waals surface area contributed by atoms with Gasteiger partial charge in [0.2, 0.25) is 27.7 Å². The van der Waals surface area contributed by atoms with Crippen molar-refractivity contribution in [2.24, 2.45) is 11.3 Å². The first-order valence-corrected chi connectivity index (χ1v) is 22.3. The minimum absolute atomic E-state index is 0.0145. The van der Waals surface area contributed by atoms with Gasteiger partial charge in [0.25, 0.3) is 5.91 Å². The number of ketones is 1. The molecule has 7 rings (SSSR count). The first kappa shape index (κ1) is 42.1. The molecule has 4 heterocycles. The molecule has 2 aliphatic carbocycles. The third kappa shape index (κ3) is 8.69. The molecule has 0 unspecified atom stereocenters. The van der Waals surface area contributed by atoms with Crippen molar-refractivity contribution < 1.29 is 41.8 Å². The Hall–Kier alpha value is -4.99. The Morgan fingerprint density at radius 1 is 1.08 bits per heavy atom. The van der Waals surface area contributed by atoms with Crippen LogP contribution in [-0.2, 0) is 31.0 Å². The number of benzene rings is 1. The molecule has 2 aromatic heterocycles. The lowest BCUT2D eigenvalue weighted by Gasteiger charge is -2.29. The van der Waals surface area contributed by atoms with Crippen molar-refractivity contribution in [1.82, 2.24) is 29.7 Å². The Labute approximate surface area is 345 Å². The summed E-state index contributed by atoms with van der Waals surface area (Å²) in [6, 6.07) is 4.98. The number of aryl methyl sites for hydroxylation is 2. The van der Waals surface area contributed by atoms with Gasteiger partial charge in [0, 0.05) is 42.6 Å². The number of nitrogens with one attached hydrogen (secondary N) is 2. The second-order valence-corrected chi connectivity index (χ2v) is 19.2. The summed E-state index contributed by atoms with van der Waals surface area (Å²) in [6.07, 6.45) is 9.07. The molecule has 3 fully saturated rings. The summed E-state index contributed by atoms with van der Waals surface area (Å²) in [4.78, 5) is 63.4. The Bertz CT molecular complexity index is 2270. The number of pyridine rings is 1. The number of nitrogens with zero attached hydrogens (tertiary/aromatic N) is 4. The summed E-state index contributed by atoms with van der Waals surface area (Å²) in [7, 11) is -2.38. The molecule has 2 saturated carbocycles. The molecule has 3 aromatic rings. The van der Waals surface area contributed by atoms with Gasteiger partial charge in [-0.1, -0.05) is 25.0 Å². The van der Waals surface area contributed by atoms with E-state index in [1.807, 2.05) is 52.0 Å². The normalized spacial score (nSPS) is 26.3. The summed E-state index contributed by atoms with van der Waals surface area (Å²) in [5, 5.41) is 7.94. The van der Waals surface area contributed by atoms with Gasteiger partial charge in [-0.3, -0.25) is 28.6 Å². The molecule has 1 aromatic carbocycles. The number of Topliss-reactive ketones (excluding diaryl/α,β-unsaturated/α-hetero) is 1. The molecule has 4 aliphatic rings. The van der Waals surface area contributed by atoms with Gasteiger partial charge in [-0.15, -0.1) is 0 Å². The number of ether oxygens (including phenoxy) is 3. The second kappa shape index (κ2) is 16.6. The van der Waals surface area contributed by atoms with Crippen molar-refractivity contribution in [3.63, 3.8) is 0 Å². The summed E-state index contributed by atoms with van der Waals surface area (Å²) >= 11 is 0. The number of hydrogen-bond donors (Lipinski definition) is 2. The van der Waals surface area contributed by atoms with Gasteiger partial charge in [0.05, 0.1) is 41.5 Å². The van der Waals surface area contributed by atoms with Crippen LogP contribution in [0.4, 0.5) is 0 Å². The van der Waals surface area contributed by atoms with E-state index in [4.69, 9.17) is 19.2 Å². The molecule has 2 N–H and O–H groups in total. The zero-order valence-electron chi connectivity index (χ0n) is 34.8. The minimum atomic E-state index is -3.97. The second-order valence-electron chi connectivity index (χ2n) is 17.0. The van der Waals surface area contributed by atoms with Gasteiger partial charge in [0.1, 0.15) is 29.3 Å². The van der Waals surface area contributed by atoms with Crippen molar-refractivity contribution >= 4 is 44.4 Å². The number of hydrogen-bond acceptors (Lipinski definition) is 11. The third-order valence-electron chi connectivity index (χ3n) is 12.3. The maximum atomic E-state index is 14.8. The number of methoxy groups -OCH3 is 1. The van der Waals surface area contributed by atoms with Crippen molar-refractivity contribution in [1.29, 1.82) is 0 Å². The number of carbonyl (C=O) groups excluding carboxylic acids is 4. The fraction of sp³-hybridized carbons (Fsp3) is 0.581. The molecule has 1 saturated heterocycles. The van der Waals surface area contributed by atoms with Gasteiger partial charge in [0.15, 0.2) is 5.78 Å². The van der Waals surface area contributed by atoms with Crippen LogP contribution in [0.1, 0.15) is 108 Å². The van der Waals surface area contributed by atoms with Crippen molar-refractivity contribution in [2.75, 3.05) is 13.7 Å². The number of amides is 3. The van der Waals surface area contributed by atoms with Crippen LogP contribution in [0.3, 0.4) is 0 Å². The lowest BCUT2D eigenvalue weighted by atomic mass is 9.91. The van der Waals surface area contributed by atoms with E-state index < -0.39 is 56.1 Å². The summed E-state index contributed by atoms with van der Waals surface area (Å²) in [5.74, 6) is -0.925. The van der Waals surface area contributed by atoms with E-state index in [1.54, 1.807) is 37.0 Å². The van der Waals surface area contributed by atoms with Crippen LogP contribution in [0.25, 0.3) is 10.9 Å². The zero-order valence-corrected chi connectivity index (χ0v) is 35.6. The molecule has 15 nitrogen and oxygen atoms in total. The standard InChI is InChI=1S/C43H56N6O9S/c1-7-48-20-17-31(46-48)39(51)44-32-14-12-10-8-9-11-13-28-23-43(28,41(53)47-59(54,55)42(5)18-19-42)24-34(50)33-21-29(25-49(33)40(32)52)58-36-22-37(57-26(2)3)45-38-27(4)35(56-6)16-15-30(36)38/h11,13,15-17,20,22,26,28-29,32-33H,7-10,12,14,18-19,21,23-25H2,1-6H3,(H,44,51)(H,47,53)/b13-11-/t28-,29-,32+,33+,43-/m1/s1. The largest absolute Gasteiger partial charge is 0.496 e. The quantitative estimate of drug-likeness (QED) is 0.242. The SMILES string of the molecule is CCn1ccc(C(=O)N[C@H]2CCCCC/C=C\[C@@H]3C[C@@]3(C(=O)NS(=O)(=O)C3(C)CC3)CC(=O)[C@@H]3C[C@@H](Oc4cc(OC(C)C)nc5c(C)c(OC)ccc45)CN3C2=O)n1. The lowest BCUT2D eigenvalue weighted by Crippen LogP contribution is -2.52. The van der Waals surface area contributed by atoms with Crippen molar-refractivity contribution in [3.05, 3.63) is 53.9 Å². The highest BCUT2D eigenvalue weighted by Crippen LogP contribution is 2.57. The van der Waals surface area contributed by atoms with Crippen LogP contribution < -0.4 is 24.2 Å². The van der Waals surface area contributed by atoms with E-state index in [2.05, 4.69) is 15.1 Å². The molecule has 59 heavy (non-hydrogen) atoms. The summed E-state index contributed by atoms with van der Waals surface area (Å²) in [5.41, 5.74) is 0.285. The summed E-state index contributed by atoms with van der Waals surface area (Å²) in [6.45, 7) is 9.78. The van der Waals surface area contributed by atoms with Crippen molar-refractivity contribution in [2.45, 2.75) is 134 Å². The molecule has 0 spiro atoms.